The van der Waals surface area contributed by atoms with Crippen LogP contribution in [0.2, 0.25) is 0 Å². The molecule has 3 N–H and O–H groups in total. The molecular formula is C13H14N4O. The molecule has 2 aromatic rings. The summed E-state index contributed by atoms with van der Waals surface area (Å²) in [4.78, 5) is 20.1. The van der Waals surface area contributed by atoms with Crippen LogP contribution in [0.15, 0.2) is 42.7 Å². The van der Waals surface area contributed by atoms with Crippen molar-refractivity contribution in [3.05, 3.63) is 54.1 Å². The molecule has 2 heterocycles. The van der Waals surface area contributed by atoms with Gasteiger partial charge in [0.05, 0.1) is 11.7 Å². The van der Waals surface area contributed by atoms with Gasteiger partial charge in [-0.25, -0.2) is 0 Å². The average molecular weight is 242 g/mol. The zero-order valence-corrected chi connectivity index (χ0v) is 10.00. The molecule has 0 radical (unpaired) electrons. The summed E-state index contributed by atoms with van der Waals surface area (Å²) in [6, 6.07) is 8.57. The molecule has 0 aliphatic heterocycles. The quantitative estimate of drug-likeness (QED) is 0.855. The number of hydrogen-bond acceptors (Lipinski definition) is 4. The molecule has 0 spiro atoms. The van der Waals surface area contributed by atoms with Gasteiger partial charge in [-0.3, -0.25) is 14.8 Å². The number of nitrogens with one attached hydrogen (secondary N) is 1. The molecule has 0 fully saturated rings. The van der Waals surface area contributed by atoms with E-state index in [1.165, 1.54) is 6.20 Å². The zero-order chi connectivity index (χ0) is 13.0. The maximum absolute atomic E-state index is 11.9. The summed E-state index contributed by atoms with van der Waals surface area (Å²) in [5, 5.41) is 2.82. The van der Waals surface area contributed by atoms with Gasteiger partial charge in [0, 0.05) is 18.1 Å². The van der Waals surface area contributed by atoms with Gasteiger partial charge in [-0.05, 0) is 31.2 Å². The Kier molecular flexibility index (Phi) is 3.52. The minimum atomic E-state index is -0.263. The Bertz CT molecular complexity index is 542. The van der Waals surface area contributed by atoms with Gasteiger partial charge in [-0.2, -0.15) is 0 Å². The molecule has 5 nitrogen and oxygen atoms in total. The monoisotopic (exact) mass is 242 g/mol. The van der Waals surface area contributed by atoms with E-state index >= 15 is 0 Å². The van der Waals surface area contributed by atoms with E-state index < -0.39 is 0 Å². The van der Waals surface area contributed by atoms with Gasteiger partial charge < -0.3 is 11.1 Å². The molecule has 2 aromatic heterocycles. The number of nitrogens with zero attached hydrogens (tertiary/aromatic N) is 2. The maximum Gasteiger partial charge on any atom is 0.270 e. The summed E-state index contributed by atoms with van der Waals surface area (Å²) in [5.74, 6) is -0.263. The van der Waals surface area contributed by atoms with E-state index in [1.54, 1.807) is 18.3 Å². The summed E-state index contributed by atoms with van der Waals surface area (Å²) >= 11 is 0. The molecule has 18 heavy (non-hydrogen) atoms. The highest BCUT2D eigenvalue weighted by atomic mass is 16.1. The molecule has 1 amide bonds. The van der Waals surface area contributed by atoms with Gasteiger partial charge in [0.25, 0.3) is 5.91 Å². The Labute approximate surface area is 105 Å². The van der Waals surface area contributed by atoms with Crippen molar-refractivity contribution in [1.29, 1.82) is 0 Å². The molecule has 0 saturated heterocycles. The van der Waals surface area contributed by atoms with Crippen LogP contribution < -0.4 is 11.1 Å². The van der Waals surface area contributed by atoms with Gasteiger partial charge in [0.1, 0.15) is 5.69 Å². The smallest absolute Gasteiger partial charge is 0.270 e. The molecule has 0 bridgehead atoms. The first-order valence-corrected chi connectivity index (χ1v) is 5.60. The molecule has 92 valence electrons. The third-order valence-electron chi connectivity index (χ3n) is 2.50. The summed E-state index contributed by atoms with van der Waals surface area (Å²) < 4.78 is 0. The van der Waals surface area contributed by atoms with Gasteiger partial charge in [0.15, 0.2) is 0 Å². The van der Waals surface area contributed by atoms with Crippen LogP contribution in [-0.2, 0) is 0 Å². The highest BCUT2D eigenvalue weighted by Gasteiger charge is 2.13. The fraction of sp³-hybridized carbons (Fsp3) is 0.154. The van der Waals surface area contributed by atoms with Crippen molar-refractivity contribution in [1.82, 2.24) is 15.3 Å². The lowest BCUT2D eigenvalue weighted by Crippen LogP contribution is -2.27. The van der Waals surface area contributed by atoms with Crippen LogP contribution in [0.1, 0.15) is 29.1 Å². The SMILES string of the molecule is CC(NC(=O)c1cc(N)ccn1)c1ccccn1. The van der Waals surface area contributed by atoms with E-state index in [2.05, 4.69) is 15.3 Å². The Balaban J connectivity index is 2.08. The molecule has 2 rings (SSSR count). The van der Waals surface area contributed by atoms with Crippen LogP contribution >= 0.6 is 0 Å². The largest absolute Gasteiger partial charge is 0.399 e. The van der Waals surface area contributed by atoms with E-state index in [0.717, 1.165) is 5.69 Å². The first-order chi connectivity index (χ1) is 8.66. The number of carbonyl (C=O) groups excluding carboxylic acids is 1. The van der Waals surface area contributed by atoms with E-state index in [-0.39, 0.29) is 11.9 Å². The second-order valence-electron chi connectivity index (χ2n) is 3.92. The van der Waals surface area contributed by atoms with Gasteiger partial charge in [0.2, 0.25) is 0 Å². The standard InChI is InChI=1S/C13H14N4O/c1-9(11-4-2-3-6-15-11)17-13(18)12-8-10(14)5-7-16-12/h2-9H,1H3,(H2,14,16)(H,17,18). The third kappa shape index (κ3) is 2.82. The molecule has 0 saturated carbocycles. The Morgan fingerprint density at radius 3 is 2.78 bits per heavy atom. The van der Waals surface area contributed by atoms with E-state index in [0.29, 0.717) is 11.4 Å². The minimum absolute atomic E-state index is 0.179. The summed E-state index contributed by atoms with van der Waals surface area (Å²) in [6.45, 7) is 1.87. The summed E-state index contributed by atoms with van der Waals surface area (Å²) in [5.41, 5.74) is 7.22. The maximum atomic E-state index is 11.9. The third-order valence-corrected chi connectivity index (χ3v) is 2.50. The second-order valence-corrected chi connectivity index (χ2v) is 3.92. The molecule has 0 aliphatic rings. The molecular weight excluding hydrogens is 228 g/mol. The molecule has 5 heteroatoms. The number of nitrogen functional groups attached to an aromatic ring is 1. The molecule has 1 atom stereocenters. The second kappa shape index (κ2) is 5.27. The van der Waals surface area contributed by atoms with Crippen LogP contribution in [0.4, 0.5) is 5.69 Å². The number of pyridine rings is 2. The average Bonchev–Trinajstić information content (AvgIpc) is 2.39. The predicted octanol–water partition coefficient (Wildman–Crippen LogP) is 1.55. The first-order valence-electron chi connectivity index (χ1n) is 5.60. The van der Waals surface area contributed by atoms with Crippen molar-refractivity contribution in [2.75, 3.05) is 5.73 Å². The number of carbonyl (C=O) groups is 1. The van der Waals surface area contributed by atoms with E-state index in [1.807, 2.05) is 25.1 Å². The molecule has 0 aromatic carbocycles. The Morgan fingerprint density at radius 2 is 2.11 bits per heavy atom. The summed E-state index contributed by atoms with van der Waals surface area (Å²) in [7, 11) is 0. The van der Waals surface area contributed by atoms with Crippen molar-refractivity contribution in [3.63, 3.8) is 0 Å². The molecule has 1 unspecified atom stereocenters. The number of rotatable bonds is 3. The van der Waals surface area contributed by atoms with Crippen molar-refractivity contribution in [3.8, 4) is 0 Å². The lowest BCUT2D eigenvalue weighted by molar-refractivity contribution is 0.0934. The zero-order valence-electron chi connectivity index (χ0n) is 10.00. The van der Waals surface area contributed by atoms with Crippen molar-refractivity contribution >= 4 is 11.6 Å². The van der Waals surface area contributed by atoms with Crippen LogP contribution in [0.25, 0.3) is 0 Å². The van der Waals surface area contributed by atoms with Crippen molar-refractivity contribution < 1.29 is 4.79 Å². The lowest BCUT2D eigenvalue weighted by atomic mass is 10.2. The number of anilines is 1. The lowest BCUT2D eigenvalue weighted by Gasteiger charge is -2.12. The fourth-order valence-electron chi connectivity index (χ4n) is 1.55. The van der Waals surface area contributed by atoms with Crippen LogP contribution in [0, 0.1) is 0 Å². The Morgan fingerprint density at radius 1 is 1.28 bits per heavy atom. The van der Waals surface area contributed by atoms with Gasteiger partial charge in [-0.15, -0.1) is 0 Å². The number of aromatic nitrogens is 2. The highest BCUT2D eigenvalue weighted by Crippen LogP contribution is 2.10. The van der Waals surface area contributed by atoms with Crippen LogP contribution in [-0.4, -0.2) is 15.9 Å². The van der Waals surface area contributed by atoms with Gasteiger partial charge in [-0.1, -0.05) is 6.07 Å². The van der Waals surface area contributed by atoms with Crippen LogP contribution in [0.5, 0.6) is 0 Å². The fourth-order valence-corrected chi connectivity index (χ4v) is 1.55. The number of hydrogen-bond donors (Lipinski definition) is 2. The van der Waals surface area contributed by atoms with Crippen molar-refractivity contribution in [2.45, 2.75) is 13.0 Å². The van der Waals surface area contributed by atoms with Gasteiger partial charge >= 0.3 is 0 Å². The van der Waals surface area contributed by atoms with Crippen molar-refractivity contribution in [2.24, 2.45) is 0 Å². The minimum Gasteiger partial charge on any atom is -0.399 e. The Hall–Kier alpha value is -2.43. The highest BCUT2D eigenvalue weighted by molar-refractivity contribution is 5.93. The summed E-state index contributed by atoms with van der Waals surface area (Å²) in [6.07, 6.45) is 3.20. The van der Waals surface area contributed by atoms with E-state index in [9.17, 15) is 4.79 Å². The first kappa shape index (κ1) is 12.0. The number of amides is 1. The molecule has 0 aliphatic carbocycles. The van der Waals surface area contributed by atoms with E-state index in [4.69, 9.17) is 5.73 Å². The number of nitrogens with two attached hydrogens (primary N) is 1. The predicted molar refractivity (Wildman–Crippen MR) is 68.8 cm³/mol. The topological polar surface area (TPSA) is 80.9 Å². The van der Waals surface area contributed by atoms with Crippen LogP contribution in [0.3, 0.4) is 0 Å². The normalized spacial score (nSPS) is 11.8.